The van der Waals surface area contributed by atoms with Gasteiger partial charge in [0.1, 0.15) is 18.2 Å². The molecule has 1 heterocycles. The van der Waals surface area contributed by atoms with Crippen molar-refractivity contribution >= 4 is 5.91 Å². The standard InChI is InChI=1S/C29H29FN2O2/c30-27-16-25(34-18-24-3-1-2-14-31-24)12-13-26(27)29(17-19-4-7-22(29)15-19)21-8-5-20(6-9-21)28(33)32-23-10-11-23/h1-3,5-6,8-9,12-14,16,19,22-23H,4,7,10-11,15,17-18H2,(H,32,33). The minimum absolute atomic E-state index is 0.0170. The van der Waals surface area contributed by atoms with Crippen LogP contribution in [0.2, 0.25) is 0 Å². The predicted octanol–water partition coefficient (Wildman–Crippen LogP) is 5.80. The van der Waals surface area contributed by atoms with Crippen LogP contribution in [0.1, 0.15) is 65.7 Å². The lowest BCUT2D eigenvalue weighted by Gasteiger charge is -2.39. The number of rotatable bonds is 7. The highest BCUT2D eigenvalue weighted by Crippen LogP contribution is 2.60. The van der Waals surface area contributed by atoms with Crippen molar-refractivity contribution < 1.29 is 13.9 Å². The van der Waals surface area contributed by atoms with Crippen LogP contribution in [0, 0.1) is 17.7 Å². The first-order chi connectivity index (χ1) is 16.6. The molecule has 2 aromatic carbocycles. The van der Waals surface area contributed by atoms with Crippen LogP contribution >= 0.6 is 0 Å². The monoisotopic (exact) mass is 456 g/mol. The zero-order valence-corrected chi connectivity index (χ0v) is 19.2. The van der Waals surface area contributed by atoms with E-state index < -0.39 is 0 Å². The van der Waals surface area contributed by atoms with Gasteiger partial charge < -0.3 is 10.1 Å². The van der Waals surface area contributed by atoms with Crippen molar-refractivity contribution in [3.8, 4) is 5.75 Å². The van der Waals surface area contributed by atoms with Gasteiger partial charge in [-0.05, 0) is 85.4 Å². The molecule has 3 saturated carbocycles. The van der Waals surface area contributed by atoms with Gasteiger partial charge in [-0.25, -0.2) is 4.39 Å². The first-order valence-corrected chi connectivity index (χ1v) is 12.4. The molecule has 4 nitrogen and oxygen atoms in total. The Hall–Kier alpha value is -3.21. The molecule has 0 saturated heterocycles. The summed E-state index contributed by atoms with van der Waals surface area (Å²) in [5, 5.41) is 3.05. The summed E-state index contributed by atoms with van der Waals surface area (Å²) in [6.07, 6.45) is 8.29. The van der Waals surface area contributed by atoms with E-state index in [4.69, 9.17) is 4.74 Å². The lowest BCUT2D eigenvalue weighted by Crippen LogP contribution is -2.35. The molecule has 1 aromatic heterocycles. The lowest BCUT2D eigenvalue weighted by atomic mass is 9.64. The van der Waals surface area contributed by atoms with Gasteiger partial charge in [0, 0.05) is 29.3 Å². The molecule has 5 heteroatoms. The number of nitrogens with one attached hydrogen (secondary N) is 1. The van der Waals surface area contributed by atoms with Crippen LogP contribution in [0.25, 0.3) is 0 Å². The fourth-order valence-corrected chi connectivity index (χ4v) is 6.17. The smallest absolute Gasteiger partial charge is 0.251 e. The molecule has 0 spiro atoms. The Bertz CT molecular complexity index is 1190. The number of pyridine rings is 1. The van der Waals surface area contributed by atoms with E-state index in [2.05, 4.69) is 10.3 Å². The Morgan fingerprint density at radius 3 is 2.56 bits per heavy atom. The molecule has 0 aliphatic heterocycles. The van der Waals surface area contributed by atoms with E-state index in [1.54, 1.807) is 6.20 Å². The van der Waals surface area contributed by atoms with Crippen molar-refractivity contribution in [3.05, 3.63) is 95.1 Å². The number of nitrogens with zero attached hydrogens (tertiary/aromatic N) is 1. The number of carbonyl (C=O) groups excluding carboxylic acids is 1. The maximum Gasteiger partial charge on any atom is 0.251 e. The van der Waals surface area contributed by atoms with Crippen LogP contribution < -0.4 is 10.1 Å². The molecule has 3 aliphatic rings. The summed E-state index contributed by atoms with van der Waals surface area (Å²) in [4.78, 5) is 16.7. The second kappa shape index (κ2) is 8.53. The van der Waals surface area contributed by atoms with Gasteiger partial charge in [-0.2, -0.15) is 0 Å². The van der Waals surface area contributed by atoms with Gasteiger partial charge in [0.2, 0.25) is 0 Å². The highest BCUT2D eigenvalue weighted by Gasteiger charge is 2.53. The Morgan fingerprint density at radius 2 is 1.91 bits per heavy atom. The number of benzene rings is 2. The lowest BCUT2D eigenvalue weighted by molar-refractivity contribution is 0.0951. The van der Waals surface area contributed by atoms with Crippen molar-refractivity contribution in [1.29, 1.82) is 0 Å². The van der Waals surface area contributed by atoms with Gasteiger partial charge in [-0.15, -0.1) is 0 Å². The first kappa shape index (κ1) is 21.3. The maximum absolute atomic E-state index is 15.7. The Kier molecular flexibility index (Phi) is 5.35. The molecule has 2 bridgehead atoms. The van der Waals surface area contributed by atoms with Crippen LogP contribution in [0.4, 0.5) is 4.39 Å². The number of amides is 1. The molecule has 1 N–H and O–H groups in total. The third kappa shape index (κ3) is 3.87. The minimum Gasteiger partial charge on any atom is -0.487 e. The van der Waals surface area contributed by atoms with E-state index in [-0.39, 0.29) is 17.1 Å². The van der Waals surface area contributed by atoms with Crippen LogP contribution in [-0.2, 0) is 12.0 Å². The van der Waals surface area contributed by atoms with E-state index in [1.165, 1.54) is 12.5 Å². The second-order valence-corrected chi connectivity index (χ2v) is 10.1. The highest BCUT2D eigenvalue weighted by molar-refractivity contribution is 5.94. The first-order valence-electron chi connectivity index (χ1n) is 12.4. The third-order valence-electron chi connectivity index (χ3n) is 7.96. The van der Waals surface area contributed by atoms with E-state index in [0.717, 1.165) is 48.9 Å². The summed E-state index contributed by atoms with van der Waals surface area (Å²) in [5.41, 5.74) is 3.00. The molecule has 34 heavy (non-hydrogen) atoms. The van der Waals surface area contributed by atoms with Crippen LogP contribution in [0.15, 0.2) is 66.9 Å². The molecule has 6 rings (SSSR count). The molecular weight excluding hydrogens is 427 g/mol. The summed E-state index contributed by atoms with van der Waals surface area (Å²) in [6, 6.07) is 19.2. The molecule has 3 fully saturated rings. The number of fused-ring (bicyclic) bond motifs is 2. The SMILES string of the molecule is O=C(NC1CC1)c1ccc(C2(c3ccc(OCc4ccccn4)cc3F)CC3CCC2C3)cc1. The van der Waals surface area contributed by atoms with Crippen molar-refractivity contribution in [2.75, 3.05) is 0 Å². The second-order valence-electron chi connectivity index (χ2n) is 10.1. The average molecular weight is 457 g/mol. The summed E-state index contributed by atoms with van der Waals surface area (Å²) in [5.74, 6) is 1.32. The highest BCUT2D eigenvalue weighted by atomic mass is 19.1. The number of halogens is 1. The number of aromatic nitrogens is 1. The number of hydrogen-bond donors (Lipinski definition) is 1. The maximum atomic E-state index is 15.7. The molecule has 3 unspecified atom stereocenters. The fraction of sp³-hybridized carbons (Fsp3) is 0.379. The Labute approximate surface area is 199 Å². The van der Waals surface area contributed by atoms with Gasteiger partial charge in [0.15, 0.2) is 0 Å². The molecule has 3 aromatic rings. The third-order valence-corrected chi connectivity index (χ3v) is 7.96. The van der Waals surface area contributed by atoms with Crippen LogP contribution in [0.5, 0.6) is 5.75 Å². The molecule has 3 atom stereocenters. The normalized spacial score (nSPS) is 25.3. The van der Waals surface area contributed by atoms with E-state index >= 15 is 4.39 Å². The number of carbonyl (C=O) groups is 1. The molecule has 0 radical (unpaired) electrons. The van der Waals surface area contributed by atoms with Gasteiger partial charge >= 0.3 is 0 Å². The topological polar surface area (TPSA) is 51.2 Å². The number of ether oxygens (including phenoxy) is 1. The fourth-order valence-electron chi connectivity index (χ4n) is 6.17. The van der Waals surface area contributed by atoms with E-state index in [9.17, 15) is 4.79 Å². The van der Waals surface area contributed by atoms with Gasteiger partial charge in [-0.1, -0.05) is 30.7 Å². The van der Waals surface area contributed by atoms with Crippen molar-refractivity contribution in [2.24, 2.45) is 11.8 Å². The van der Waals surface area contributed by atoms with E-state index in [0.29, 0.717) is 35.8 Å². The molecule has 174 valence electrons. The van der Waals surface area contributed by atoms with Crippen molar-refractivity contribution in [1.82, 2.24) is 10.3 Å². The molecule has 1 amide bonds. The van der Waals surface area contributed by atoms with Gasteiger partial charge in [-0.3, -0.25) is 9.78 Å². The average Bonchev–Trinajstić information content (AvgIpc) is 3.44. The summed E-state index contributed by atoms with van der Waals surface area (Å²) >= 11 is 0. The molecule has 3 aliphatic carbocycles. The van der Waals surface area contributed by atoms with Gasteiger partial charge in [0.25, 0.3) is 5.91 Å². The predicted molar refractivity (Wildman–Crippen MR) is 128 cm³/mol. The zero-order chi connectivity index (χ0) is 23.1. The summed E-state index contributed by atoms with van der Waals surface area (Å²) < 4.78 is 21.5. The molecular formula is C29H29FN2O2. The van der Waals surface area contributed by atoms with Gasteiger partial charge in [0.05, 0.1) is 5.69 Å². The minimum atomic E-state index is -0.349. The Morgan fingerprint density at radius 1 is 1.06 bits per heavy atom. The number of hydrogen-bond acceptors (Lipinski definition) is 3. The van der Waals surface area contributed by atoms with Crippen molar-refractivity contribution in [3.63, 3.8) is 0 Å². The zero-order valence-electron chi connectivity index (χ0n) is 19.2. The summed E-state index contributed by atoms with van der Waals surface area (Å²) in [6.45, 7) is 0.305. The van der Waals surface area contributed by atoms with Crippen LogP contribution in [0.3, 0.4) is 0 Å². The quantitative estimate of drug-likeness (QED) is 0.489. The summed E-state index contributed by atoms with van der Waals surface area (Å²) in [7, 11) is 0. The van der Waals surface area contributed by atoms with Crippen molar-refractivity contribution in [2.45, 2.75) is 56.6 Å². The Balaban J connectivity index is 1.29. The van der Waals surface area contributed by atoms with Crippen LogP contribution in [-0.4, -0.2) is 16.9 Å². The largest absolute Gasteiger partial charge is 0.487 e. The van der Waals surface area contributed by atoms with E-state index in [1.807, 2.05) is 54.6 Å².